The predicted molar refractivity (Wildman–Crippen MR) is 129 cm³/mol. The monoisotopic (exact) mass is 514 g/mol. The lowest BCUT2D eigenvalue weighted by Crippen LogP contribution is -2.32. The molecular formula is C24H33F2N2O6P. The molecule has 0 spiro atoms. The smallest absolute Gasteiger partial charge is 0.397 e. The van der Waals surface area contributed by atoms with Crippen LogP contribution in [0.15, 0.2) is 21.9 Å². The highest BCUT2D eigenvalue weighted by Gasteiger charge is 2.35. The van der Waals surface area contributed by atoms with Crippen molar-refractivity contribution in [1.29, 1.82) is 0 Å². The average molecular weight is 515 g/mol. The van der Waals surface area contributed by atoms with Crippen LogP contribution in [0.25, 0.3) is 0 Å². The summed E-state index contributed by atoms with van der Waals surface area (Å²) in [4.78, 5) is 24.9. The second-order valence-electron chi connectivity index (χ2n) is 10.6. The van der Waals surface area contributed by atoms with E-state index in [2.05, 4.69) is 0 Å². The van der Waals surface area contributed by atoms with Crippen LogP contribution in [-0.4, -0.2) is 29.4 Å². The van der Waals surface area contributed by atoms with Crippen LogP contribution in [0.5, 0.6) is 5.75 Å². The van der Waals surface area contributed by atoms with Crippen molar-refractivity contribution in [2.75, 3.05) is 13.7 Å². The van der Waals surface area contributed by atoms with E-state index in [0.29, 0.717) is 23.3 Å². The lowest BCUT2D eigenvalue weighted by molar-refractivity contribution is 0.0396. The lowest BCUT2D eigenvalue weighted by atomic mass is 9.78. The van der Waals surface area contributed by atoms with E-state index in [0.717, 1.165) is 16.3 Å². The third kappa shape index (κ3) is 6.36. The van der Waals surface area contributed by atoms with Gasteiger partial charge in [0.25, 0.3) is 5.56 Å². The van der Waals surface area contributed by atoms with Gasteiger partial charge in [-0.1, -0.05) is 41.5 Å². The molecule has 35 heavy (non-hydrogen) atoms. The standard InChI is InChI=1S/C24H33F2N2O6P/c1-23(2,3)16-10-17(24(4,5)6)20-15(19(16)26)13-33-35(34-20)32-12-14(31-7)8-9-28-11-18(25)21(29)27-22(28)30/h10-11,14H,8-9,12-13H2,1-7H3,(H,27,29,30). The molecule has 1 aromatic heterocycles. The molecule has 3 rings (SSSR count). The highest BCUT2D eigenvalue weighted by molar-refractivity contribution is 7.42. The fraction of sp³-hybridized carbons (Fsp3) is 0.583. The Morgan fingerprint density at radius 1 is 1.14 bits per heavy atom. The van der Waals surface area contributed by atoms with Gasteiger partial charge in [-0.3, -0.25) is 23.4 Å². The van der Waals surface area contributed by atoms with Crippen LogP contribution in [0, 0.1) is 11.6 Å². The molecule has 2 heterocycles. The Bertz CT molecular complexity index is 1180. The third-order valence-electron chi connectivity index (χ3n) is 5.76. The highest BCUT2D eigenvalue weighted by atomic mass is 31.2. The Hall–Kier alpha value is -2.13. The summed E-state index contributed by atoms with van der Waals surface area (Å²) >= 11 is 0. The largest absolute Gasteiger partial charge is 0.426 e. The first-order valence-electron chi connectivity index (χ1n) is 11.3. The molecule has 1 aliphatic rings. The number of aryl methyl sites for hydroxylation is 1. The van der Waals surface area contributed by atoms with Crippen LogP contribution in [0.2, 0.25) is 0 Å². The van der Waals surface area contributed by atoms with Crippen molar-refractivity contribution in [1.82, 2.24) is 9.55 Å². The third-order valence-corrected chi connectivity index (χ3v) is 6.79. The number of hydrogen-bond donors (Lipinski definition) is 1. The molecule has 0 fully saturated rings. The molecule has 0 radical (unpaired) electrons. The molecule has 194 valence electrons. The van der Waals surface area contributed by atoms with Gasteiger partial charge in [0.15, 0.2) is 0 Å². The first kappa shape index (κ1) is 27.5. The summed E-state index contributed by atoms with van der Waals surface area (Å²) < 4.78 is 52.9. The van der Waals surface area contributed by atoms with E-state index in [1.165, 1.54) is 7.11 Å². The van der Waals surface area contributed by atoms with Crippen molar-refractivity contribution in [3.8, 4) is 5.75 Å². The van der Waals surface area contributed by atoms with E-state index >= 15 is 4.39 Å². The molecule has 0 saturated carbocycles. The van der Waals surface area contributed by atoms with Gasteiger partial charge in [0.05, 0.1) is 31.1 Å². The van der Waals surface area contributed by atoms with Crippen LogP contribution in [0.4, 0.5) is 8.78 Å². The van der Waals surface area contributed by atoms with E-state index in [4.69, 9.17) is 18.3 Å². The van der Waals surface area contributed by atoms with Gasteiger partial charge in [0, 0.05) is 19.2 Å². The lowest BCUT2D eigenvalue weighted by Gasteiger charge is -2.33. The van der Waals surface area contributed by atoms with Crippen LogP contribution in [0.3, 0.4) is 0 Å². The van der Waals surface area contributed by atoms with Crippen molar-refractivity contribution in [2.24, 2.45) is 0 Å². The quantitative estimate of drug-likeness (QED) is 0.540. The molecule has 2 atom stereocenters. The first-order chi connectivity index (χ1) is 16.2. The Balaban J connectivity index is 1.72. The van der Waals surface area contributed by atoms with Crippen molar-refractivity contribution in [3.63, 3.8) is 0 Å². The van der Waals surface area contributed by atoms with Gasteiger partial charge in [-0.15, -0.1) is 0 Å². The van der Waals surface area contributed by atoms with E-state index < -0.39 is 31.8 Å². The molecule has 2 unspecified atom stereocenters. The normalized spacial score (nSPS) is 17.1. The second kappa shape index (κ2) is 10.5. The van der Waals surface area contributed by atoms with Crippen molar-refractivity contribution in [2.45, 2.75) is 78.0 Å². The van der Waals surface area contributed by atoms with E-state index in [-0.39, 0.29) is 36.4 Å². The van der Waals surface area contributed by atoms with E-state index in [1.807, 2.05) is 52.6 Å². The number of fused-ring (bicyclic) bond motifs is 1. The molecule has 8 nitrogen and oxygen atoms in total. The molecule has 2 aromatic rings. The zero-order valence-electron chi connectivity index (χ0n) is 21.2. The Morgan fingerprint density at radius 3 is 2.40 bits per heavy atom. The van der Waals surface area contributed by atoms with Gasteiger partial charge in [0.2, 0.25) is 5.82 Å². The molecule has 0 aliphatic carbocycles. The van der Waals surface area contributed by atoms with Gasteiger partial charge in [-0.25, -0.2) is 9.18 Å². The molecule has 0 saturated heterocycles. The summed E-state index contributed by atoms with van der Waals surface area (Å²) in [5, 5.41) is 0. The first-order valence-corrected chi connectivity index (χ1v) is 12.4. The van der Waals surface area contributed by atoms with Crippen LogP contribution in [-0.2, 0) is 37.8 Å². The van der Waals surface area contributed by atoms with Crippen LogP contribution < -0.4 is 15.8 Å². The molecule has 1 aliphatic heterocycles. The summed E-state index contributed by atoms with van der Waals surface area (Å²) in [5.41, 5.74) is -0.598. The van der Waals surface area contributed by atoms with Crippen molar-refractivity contribution < 1.29 is 27.1 Å². The van der Waals surface area contributed by atoms with Gasteiger partial charge >= 0.3 is 14.3 Å². The van der Waals surface area contributed by atoms with Gasteiger partial charge in [0.1, 0.15) is 11.6 Å². The fourth-order valence-electron chi connectivity index (χ4n) is 3.66. The Kier molecular flexibility index (Phi) is 8.21. The number of aromatic nitrogens is 2. The maximum Gasteiger partial charge on any atom is 0.397 e. The summed E-state index contributed by atoms with van der Waals surface area (Å²) in [5.74, 6) is -0.925. The molecule has 1 aromatic carbocycles. The number of methoxy groups -OCH3 is 1. The highest BCUT2D eigenvalue weighted by Crippen LogP contribution is 2.52. The average Bonchev–Trinajstić information content (AvgIpc) is 2.75. The number of nitrogens with zero attached hydrogens (tertiary/aromatic N) is 1. The molecule has 0 bridgehead atoms. The topological polar surface area (TPSA) is 91.8 Å². The molecule has 0 amide bonds. The second-order valence-corrected chi connectivity index (χ2v) is 11.7. The summed E-state index contributed by atoms with van der Waals surface area (Å²) in [6, 6.07) is 1.87. The zero-order chi connectivity index (χ0) is 26.1. The number of H-pyrrole nitrogens is 1. The van der Waals surface area contributed by atoms with E-state index in [1.54, 1.807) is 0 Å². The number of halogens is 2. The molecule has 1 N–H and O–H groups in total. The number of nitrogens with one attached hydrogen (secondary N) is 1. The molecule has 11 heteroatoms. The maximum absolute atomic E-state index is 15.4. The SMILES string of the molecule is COC(CCn1cc(F)c(=O)[nH]c1=O)COP1OCc2c(F)c(C(C)(C)C)cc(C(C)(C)C)c2O1. The predicted octanol–water partition coefficient (Wildman–Crippen LogP) is 4.67. The van der Waals surface area contributed by atoms with Crippen LogP contribution in [0.1, 0.15) is 64.7 Å². The Labute approximate surface area is 204 Å². The van der Waals surface area contributed by atoms with Gasteiger partial charge in [-0.2, -0.15) is 4.39 Å². The van der Waals surface area contributed by atoms with Gasteiger partial charge in [-0.05, 0) is 28.9 Å². The number of rotatable bonds is 7. The minimum atomic E-state index is -1.81. The summed E-state index contributed by atoms with van der Waals surface area (Å²) in [6.07, 6.45) is 0.700. The minimum Gasteiger partial charge on any atom is -0.426 e. The van der Waals surface area contributed by atoms with Crippen molar-refractivity contribution >= 4 is 8.60 Å². The number of benzene rings is 1. The van der Waals surface area contributed by atoms with E-state index in [9.17, 15) is 14.0 Å². The van der Waals surface area contributed by atoms with Gasteiger partial charge < -0.3 is 9.26 Å². The summed E-state index contributed by atoms with van der Waals surface area (Å²) in [7, 11) is -0.331. The van der Waals surface area contributed by atoms with Crippen molar-refractivity contribution in [3.05, 3.63) is 61.4 Å². The number of hydrogen-bond acceptors (Lipinski definition) is 6. The summed E-state index contributed by atoms with van der Waals surface area (Å²) in [6.45, 7) is 12.2. The van der Waals surface area contributed by atoms with Crippen LogP contribution >= 0.6 is 8.60 Å². The maximum atomic E-state index is 15.4. The Morgan fingerprint density at radius 2 is 1.80 bits per heavy atom. The number of aromatic amines is 1. The number of ether oxygens (including phenoxy) is 1. The zero-order valence-corrected chi connectivity index (χ0v) is 22.1. The minimum absolute atomic E-state index is 0.0174. The molecular weight excluding hydrogens is 481 g/mol. The fourth-order valence-corrected chi connectivity index (χ4v) is 4.72.